The monoisotopic (exact) mass is 329 g/mol. The van der Waals surface area contributed by atoms with Crippen LogP contribution in [0.5, 0.6) is 0 Å². The molecule has 1 fully saturated rings. The molecule has 1 heterocycles. The molecule has 2 atom stereocenters. The van der Waals surface area contributed by atoms with Crippen molar-refractivity contribution in [2.24, 2.45) is 11.8 Å². The van der Waals surface area contributed by atoms with E-state index in [2.05, 4.69) is 32.4 Å². The largest absolute Gasteiger partial charge is 0.466 e. The van der Waals surface area contributed by atoms with E-state index in [0.29, 0.717) is 12.5 Å². The summed E-state index contributed by atoms with van der Waals surface area (Å²) >= 11 is 2.26. The second-order valence-corrected chi connectivity index (χ2v) is 5.42. The van der Waals surface area contributed by atoms with Crippen LogP contribution in [0.1, 0.15) is 20.3 Å². The zero-order valence-corrected chi connectivity index (χ0v) is 11.5. The normalized spacial score (nSPS) is 28.8. The lowest BCUT2D eigenvalue weighted by atomic mass is 9.88. The van der Waals surface area contributed by atoms with Gasteiger partial charge in [-0.1, -0.05) is 6.92 Å². The molecule has 0 aromatic rings. The first-order valence-electron chi connectivity index (χ1n) is 4.89. The van der Waals surface area contributed by atoms with Crippen LogP contribution in [0.2, 0.25) is 0 Å². The minimum Gasteiger partial charge on any atom is -0.466 e. The topological polar surface area (TPSA) is 29.5 Å². The fourth-order valence-electron chi connectivity index (χ4n) is 1.66. The number of piperidine rings is 1. The molecule has 0 radical (unpaired) electrons. The van der Waals surface area contributed by atoms with Crippen LogP contribution in [0.25, 0.3) is 0 Å². The van der Waals surface area contributed by atoms with Crippen LogP contribution in [0, 0.1) is 11.8 Å². The van der Waals surface area contributed by atoms with Gasteiger partial charge in [0.2, 0.25) is 0 Å². The molecule has 1 aliphatic rings. The van der Waals surface area contributed by atoms with Crippen molar-refractivity contribution in [1.82, 2.24) is 4.31 Å². The Kier molecular flexibility index (Phi) is 5.54. The van der Waals surface area contributed by atoms with Gasteiger partial charge in [0.25, 0.3) is 0 Å². The van der Waals surface area contributed by atoms with Crippen LogP contribution in [0.15, 0.2) is 0 Å². The van der Waals surface area contributed by atoms with Gasteiger partial charge in [0.15, 0.2) is 0 Å². The van der Waals surface area contributed by atoms with E-state index in [1.807, 2.05) is 6.92 Å². The van der Waals surface area contributed by atoms with Crippen molar-refractivity contribution in [3.05, 3.63) is 0 Å². The molecule has 5 heteroatoms. The van der Waals surface area contributed by atoms with Crippen molar-refractivity contribution < 1.29 is 9.53 Å². The van der Waals surface area contributed by atoms with Crippen molar-refractivity contribution in [2.45, 2.75) is 20.3 Å². The Morgan fingerprint density at radius 1 is 1.71 bits per heavy atom. The molecule has 1 saturated heterocycles. The molecule has 0 bridgehead atoms. The molecular weight excluding hydrogens is 313 g/mol. The summed E-state index contributed by atoms with van der Waals surface area (Å²) in [6.45, 7) is 6.38. The standard InChI is InChI=1S/C9H16INO2S/c1-3-13-9(12)8-6-11(14-10)5-4-7(8)2/h7-8H,3-6H2,1-2H3. The third kappa shape index (κ3) is 3.27. The van der Waals surface area contributed by atoms with E-state index < -0.39 is 0 Å². The molecule has 0 N–H and O–H groups in total. The second-order valence-electron chi connectivity index (χ2n) is 3.58. The van der Waals surface area contributed by atoms with Gasteiger partial charge in [-0.05, 0) is 28.4 Å². The molecule has 2 unspecified atom stereocenters. The maximum absolute atomic E-state index is 11.6. The number of hydrogen-bond donors (Lipinski definition) is 0. The number of halogens is 1. The predicted octanol–water partition coefficient (Wildman–Crippen LogP) is 2.51. The number of rotatable bonds is 3. The van der Waals surface area contributed by atoms with Crippen LogP contribution >= 0.6 is 30.3 Å². The highest BCUT2D eigenvalue weighted by molar-refractivity contribution is 14.2. The predicted molar refractivity (Wildman–Crippen MR) is 67.1 cm³/mol. The fraction of sp³-hybridized carbons (Fsp3) is 0.889. The fourth-order valence-corrected chi connectivity index (χ4v) is 3.12. The molecule has 0 aromatic carbocycles. The SMILES string of the molecule is CCOC(=O)C1CN(SI)CCC1C. The Morgan fingerprint density at radius 3 is 3.00 bits per heavy atom. The second kappa shape index (κ2) is 6.17. The van der Waals surface area contributed by atoms with E-state index >= 15 is 0 Å². The van der Waals surface area contributed by atoms with Crippen molar-refractivity contribution >= 4 is 36.3 Å². The van der Waals surface area contributed by atoms with Crippen LogP contribution < -0.4 is 0 Å². The summed E-state index contributed by atoms with van der Waals surface area (Å²) in [4.78, 5) is 11.6. The molecule has 3 nitrogen and oxygen atoms in total. The Labute approximate surface area is 102 Å². The highest BCUT2D eigenvalue weighted by Crippen LogP contribution is 2.30. The van der Waals surface area contributed by atoms with E-state index in [4.69, 9.17) is 4.74 Å². The third-order valence-corrected chi connectivity index (χ3v) is 4.81. The minimum atomic E-state index is -0.0323. The zero-order chi connectivity index (χ0) is 10.6. The van der Waals surface area contributed by atoms with E-state index in [1.54, 1.807) is 9.12 Å². The van der Waals surface area contributed by atoms with E-state index in [1.165, 1.54) is 0 Å². The number of hydrogen-bond acceptors (Lipinski definition) is 4. The van der Waals surface area contributed by atoms with Gasteiger partial charge in [-0.25, -0.2) is 4.31 Å². The van der Waals surface area contributed by atoms with E-state index in [9.17, 15) is 4.79 Å². The van der Waals surface area contributed by atoms with Crippen LogP contribution in [0.3, 0.4) is 0 Å². The van der Waals surface area contributed by atoms with Gasteiger partial charge in [-0.15, -0.1) is 0 Å². The Hall–Kier alpha value is 0.510. The Morgan fingerprint density at radius 2 is 2.43 bits per heavy atom. The van der Waals surface area contributed by atoms with Gasteiger partial charge in [-0.3, -0.25) is 4.79 Å². The van der Waals surface area contributed by atoms with Gasteiger partial charge in [0.05, 0.1) is 12.5 Å². The molecule has 0 aliphatic carbocycles. The molecule has 0 saturated carbocycles. The van der Waals surface area contributed by atoms with Crippen LogP contribution in [-0.2, 0) is 9.53 Å². The van der Waals surface area contributed by atoms with Crippen LogP contribution in [-0.4, -0.2) is 30.0 Å². The van der Waals surface area contributed by atoms with Gasteiger partial charge in [-0.2, -0.15) is 0 Å². The van der Waals surface area contributed by atoms with Gasteiger partial charge >= 0.3 is 5.97 Å². The van der Waals surface area contributed by atoms with E-state index in [0.717, 1.165) is 19.5 Å². The maximum atomic E-state index is 11.6. The van der Waals surface area contributed by atoms with Crippen molar-refractivity contribution in [3.8, 4) is 0 Å². The summed E-state index contributed by atoms with van der Waals surface area (Å²) in [6.07, 6.45) is 1.08. The number of esters is 1. The zero-order valence-electron chi connectivity index (χ0n) is 8.53. The van der Waals surface area contributed by atoms with Crippen molar-refractivity contribution in [2.75, 3.05) is 19.7 Å². The lowest BCUT2D eigenvalue weighted by molar-refractivity contribution is -0.151. The first-order chi connectivity index (χ1) is 6.69. The minimum absolute atomic E-state index is 0.0323. The molecule has 82 valence electrons. The summed E-state index contributed by atoms with van der Waals surface area (Å²) in [5, 5.41) is 0. The lowest BCUT2D eigenvalue weighted by Crippen LogP contribution is -2.40. The average molecular weight is 329 g/mol. The smallest absolute Gasteiger partial charge is 0.310 e. The van der Waals surface area contributed by atoms with Crippen molar-refractivity contribution in [3.63, 3.8) is 0 Å². The quantitative estimate of drug-likeness (QED) is 0.452. The van der Waals surface area contributed by atoms with E-state index in [-0.39, 0.29) is 11.9 Å². The maximum Gasteiger partial charge on any atom is 0.310 e. The summed E-state index contributed by atoms with van der Waals surface area (Å²) in [5.41, 5.74) is 0. The van der Waals surface area contributed by atoms with Gasteiger partial charge in [0.1, 0.15) is 0 Å². The summed E-state index contributed by atoms with van der Waals surface area (Å²) in [6, 6.07) is 0. The molecular formula is C9H16INO2S. The van der Waals surface area contributed by atoms with Crippen molar-refractivity contribution in [1.29, 1.82) is 0 Å². The first kappa shape index (κ1) is 12.6. The number of carbonyl (C=O) groups excluding carboxylic acids is 1. The number of ether oxygens (including phenoxy) is 1. The summed E-state index contributed by atoms with van der Waals surface area (Å²) < 4.78 is 7.29. The summed E-state index contributed by atoms with van der Waals surface area (Å²) in [7, 11) is 1.68. The molecule has 14 heavy (non-hydrogen) atoms. The summed E-state index contributed by atoms with van der Waals surface area (Å²) in [5.74, 6) is 0.481. The lowest BCUT2D eigenvalue weighted by Gasteiger charge is -2.33. The van der Waals surface area contributed by atoms with Gasteiger partial charge in [0, 0.05) is 34.3 Å². The Bertz CT molecular complexity index is 203. The third-order valence-electron chi connectivity index (χ3n) is 2.61. The van der Waals surface area contributed by atoms with Crippen LogP contribution in [0.4, 0.5) is 0 Å². The molecule has 0 aromatic heterocycles. The molecule has 1 aliphatic heterocycles. The number of carbonyl (C=O) groups is 1. The first-order valence-corrected chi connectivity index (χ1v) is 8.21. The number of nitrogens with zero attached hydrogens (tertiary/aromatic N) is 1. The molecule has 0 amide bonds. The molecule has 0 spiro atoms. The average Bonchev–Trinajstić information content (AvgIpc) is 2.19. The highest BCUT2D eigenvalue weighted by atomic mass is 127. The van der Waals surface area contributed by atoms with Gasteiger partial charge < -0.3 is 4.74 Å². The molecule has 1 rings (SSSR count). The highest BCUT2D eigenvalue weighted by Gasteiger charge is 2.32. The Balaban J connectivity index is 2.51.